The van der Waals surface area contributed by atoms with Crippen LogP contribution in [0, 0.1) is 0 Å². The van der Waals surface area contributed by atoms with E-state index in [4.69, 9.17) is 27.9 Å². The molecule has 1 heterocycles. The van der Waals surface area contributed by atoms with Crippen molar-refractivity contribution < 1.29 is 27.9 Å². The number of sulfone groups is 1. The third kappa shape index (κ3) is 6.48. The van der Waals surface area contributed by atoms with Crippen molar-refractivity contribution in [2.75, 3.05) is 5.75 Å². The molecule has 1 aliphatic rings. The van der Waals surface area contributed by atoms with E-state index in [9.17, 15) is 23.1 Å². The molecular weight excluding hydrogens is 537 g/mol. The Kier molecular flexibility index (Phi) is 9.32. The summed E-state index contributed by atoms with van der Waals surface area (Å²) < 4.78 is 32.1. The zero-order valence-electron chi connectivity index (χ0n) is 21.4. The first-order valence-electron chi connectivity index (χ1n) is 12.2. The van der Waals surface area contributed by atoms with Crippen molar-refractivity contribution in [1.82, 2.24) is 4.90 Å². The van der Waals surface area contributed by atoms with Crippen LogP contribution in [0.2, 0.25) is 10.0 Å². The number of ether oxygens (including phenoxy) is 1. The first-order valence-corrected chi connectivity index (χ1v) is 14.6. The zero-order valence-corrected chi connectivity index (χ0v) is 23.7. The molecule has 0 spiro atoms. The molecule has 0 saturated carbocycles. The lowest BCUT2D eigenvalue weighted by molar-refractivity contribution is -0.182. The molecule has 7 nitrogen and oxygen atoms in total. The summed E-state index contributed by atoms with van der Waals surface area (Å²) in [5.74, 6) is -2.01. The summed E-state index contributed by atoms with van der Waals surface area (Å²) >= 11 is 12.4. The predicted molar refractivity (Wildman–Crippen MR) is 145 cm³/mol. The van der Waals surface area contributed by atoms with E-state index < -0.39 is 57.2 Å². The Morgan fingerprint density at radius 2 is 1.73 bits per heavy atom. The maximum absolute atomic E-state index is 13.9. The summed E-state index contributed by atoms with van der Waals surface area (Å²) in [6.45, 7) is 6.98. The van der Waals surface area contributed by atoms with Gasteiger partial charge < -0.3 is 14.7 Å². The van der Waals surface area contributed by atoms with E-state index in [2.05, 4.69) is 0 Å². The third-order valence-corrected chi connectivity index (χ3v) is 10.4. The molecule has 4 atom stereocenters. The van der Waals surface area contributed by atoms with Gasteiger partial charge in [0.15, 0.2) is 9.84 Å². The van der Waals surface area contributed by atoms with Crippen molar-refractivity contribution in [3.05, 3.63) is 69.7 Å². The van der Waals surface area contributed by atoms with Crippen molar-refractivity contribution in [1.29, 1.82) is 0 Å². The Balaban J connectivity index is 2.21. The van der Waals surface area contributed by atoms with Crippen LogP contribution in [-0.2, 0) is 24.2 Å². The SMILES string of the molecule is CCC(CS(=O)(=O)C(C)(C)CC)N1C(=O)[C@H](CC(=O)O)O[C@H](c2cccc(Cl)c2)[C@H]1c1ccc(Cl)cc1. The first kappa shape index (κ1) is 29.4. The Morgan fingerprint density at radius 1 is 1.08 bits per heavy atom. The standard InChI is InChI=1S/C27H33Cl2NO6S/c1-5-21(16-37(34,35)27(3,4)6-2)30-24(17-10-12-19(28)13-11-17)25(18-8-7-9-20(29)14-18)36-22(26(30)33)15-23(31)32/h7-14,21-22,24-25H,5-6,15-16H2,1-4H3,(H,31,32)/t21?,22-,24+,25+/m0/s1. The van der Waals surface area contributed by atoms with Gasteiger partial charge >= 0.3 is 5.97 Å². The molecule has 0 aliphatic carbocycles. The Labute approximate surface area is 228 Å². The molecule has 0 radical (unpaired) electrons. The van der Waals surface area contributed by atoms with Crippen molar-refractivity contribution >= 4 is 44.9 Å². The van der Waals surface area contributed by atoms with Gasteiger partial charge in [-0.2, -0.15) is 0 Å². The average molecular weight is 571 g/mol. The van der Waals surface area contributed by atoms with Gasteiger partial charge in [0.05, 0.1) is 23.0 Å². The van der Waals surface area contributed by atoms with Crippen LogP contribution in [0.25, 0.3) is 0 Å². The zero-order chi connectivity index (χ0) is 27.5. The van der Waals surface area contributed by atoms with Crippen LogP contribution in [0.4, 0.5) is 0 Å². The van der Waals surface area contributed by atoms with Crippen LogP contribution in [0.5, 0.6) is 0 Å². The van der Waals surface area contributed by atoms with Gasteiger partial charge in [0.1, 0.15) is 12.2 Å². The van der Waals surface area contributed by atoms with Gasteiger partial charge in [-0.1, -0.05) is 61.3 Å². The number of carboxylic acid groups (broad SMARTS) is 1. The summed E-state index contributed by atoms with van der Waals surface area (Å²) in [6, 6.07) is 12.4. The summed E-state index contributed by atoms with van der Waals surface area (Å²) in [5.41, 5.74) is 1.33. The van der Waals surface area contributed by atoms with Crippen molar-refractivity contribution in [2.24, 2.45) is 0 Å². The molecule has 1 N–H and O–H groups in total. The molecule has 10 heteroatoms. The molecule has 37 heavy (non-hydrogen) atoms. The molecule has 0 aromatic heterocycles. The summed E-state index contributed by atoms with van der Waals surface area (Å²) in [7, 11) is -3.63. The lowest BCUT2D eigenvalue weighted by atomic mass is 9.89. The Morgan fingerprint density at radius 3 is 2.27 bits per heavy atom. The van der Waals surface area contributed by atoms with Crippen molar-refractivity contribution in [2.45, 2.75) is 76.0 Å². The fraction of sp³-hybridized carbons (Fsp3) is 0.481. The lowest BCUT2D eigenvalue weighted by Gasteiger charge is -2.48. The topological polar surface area (TPSA) is 101 Å². The molecule has 202 valence electrons. The highest BCUT2D eigenvalue weighted by Gasteiger charge is 2.48. The van der Waals surface area contributed by atoms with Crippen molar-refractivity contribution in [3.63, 3.8) is 0 Å². The number of morpholine rings is 1. The van der Waals surface area contributed by atoms with Gasteiger partial charge in [-0.15, -0.1) is 0 Å². The van der Waals surface area contributed by atoms with Gasteiger partial charge in [0, 0.05) is 16.1 Å². The summed E-state index contributed by atoms with van der Waals surface area (Å²) in [5, 5.41) is 10.5. The molecular formula is C27H33Cl2NO6S. The number of hydrogen-bond donors (Lipinski definition) is 1. The normalized spacial score (nSPS) is 21.6. The van der Waals surface area contributed by atoms with Crippen molar-refractivity contribution in [3.8, 4) is 0 Å². The third-order valence-electron chi connectivity index (χ3n) is 7.15. The number of amides is 1. The highest BCUT2D eigenvalue weighted by atomic mass is 35.5. The van der Waals surface area contributed by atoms with Gasteiger partial charge in [-0.25, -0.2) is 8.42 Å². The number of carboxylic acids is 1. The second kappa shape index (κ2) is 11.7. The number of hydrogen-bond acceptors (Lipinski definition) is 5. The maximum atomic E-state index is 13.9. The van der Waals surface area contributed by atoms with Crippen LogP contribution in [-0.4, -0.2) is 52.9 Å². The van der Waals surface area contributed by atoms with E-state index in [0.717, 1.165) is 0 Å². The summed E-state index contributed by atoms with van der Waals surface area (Å²) in [4.78, 5) is 27.0. The van der Waals surface area contributed by atoms with E-state index in [-0.39, 0.29) is 5.75 Å². The van der Waals surface area contributed by atoms with E-state index in [1.807, 2.05) is 13.8 Å². The second-order valence-corrected chi connectivity index (χ2v) is 13.4. The fourth-order valence-corrected chi connectivity index (χ4v) is 6.61. The molecule has 2 aromatic carbocycles. The van der Waals surface area contributed by atoms with Gasteiger partial charge in [-0.3, -0.25) is 9.59 Å². The van der Waals surface area contributed by atoms with E-state index in [1.54, 1.807) is 62.4 Å². The molecule has 1 amide bonds. The van der Waals surface area contributed by atoms with Gasteiger partial charge in [0.25, 0.3) is 5.91 Å². The van der Waals surface area contributed by atoms with Crippen LogP contribution < -0.4 is 0 Å². The van der Waals surface area contributed by atoms with Crippen LogP contribution in [0.3, 0.4) is 0 Å². The van der Waals surface area contributed by atoms with E-state index in [0.29, 0.717) is 34.0 Å². The molecule has 1 fully saturated rings. The Hall–Kier alpha value is -2.13. The number of nitrogens with zero attached hydrogens (tertiary/aromatic N) is 1. The maximum Gasteiger partial charge on any atom is 0.306 e. The number of rotatable bonds is 10. The molecule has 0 bridgehead atoms. The molecule has 1 saturated heterocycles. The monoisotopic (exact) mass is 569 g/mol. The number of carbonyl (C=O) groups is 2. The lowest BCUT2D eigenvalue weighted by Crippen LogP contribution is -2.57. The number of carbonyl (C=O) groups excluding carboxylic acids is 1. The fourth-order valence-electron chi connectivity index (χ4n) is 4.49. The van der Waals surface area contributed by atoms with E-state index >= 15 is 0 Å². The number of aliphatic carboxylic acids is 1. The highest BCUT2D eigenvalue weighted by molar-refractivity contribution is 7.92. The van der Waals surface area contributed by atoms with Crippen LogP contribution in [0.15, 0.2) is 48.5 Å². The number of halogens is 2. The highest BCUT2D eigenvalue weighted by Crippen LogP contribution is 2.45. The average Bonchev–Trinajstić information content (AvgIpc) is 2.84. The largest absolute Gasteiger partial charge is 0.481 e. The quantitative estimate of drug-likeness (QED) is 0.384. The molecule has 1 aliphatic heterocycles. The minimum atomic E-state index is -3.63. The van der Waals surface area contributed by atoms with Gasteiger partial charge in [0.2, 0.25) is 0 Å². The Bertz CT molecular complexity index is 1230. The predicted octanol–water partition coefficient (Wildman–Crippen LogP) is 5.86. The van der Waals surface area contributed by atoms with Crippen LogP contribution >= 0.6 is 23.2 Å². The van der Waals surface area contributed by atoms with Gasteiger partial charge in [-0.05, 0) is 62.1 Å². The molecule has 3 rings (SSSR count). The molecule has 2 aromatic rings. The van der Waals surface area contributed by atoms with Crippen LogP contribution in [0.1, 0.15) is 70.2 Å². The summed E-state index contributed by atoms with van der Waals surface area (Å²) in [6.07, 6.45) is -1.88. The second-order valence-electron chi connectivity index (χ2n) is 9.90. The number of benzene rings is 2. The smallest absolute Gasteiger partial charge is 0.306 e. The minimum Gasteiger partial charge on any atom is -0.481 e. The molecule has 1 unspecified atom stereocenters. The minimum absolute atomic E-state index is 0.262. The van der Waals surface area contributed by atoms with E-state index in [1.165, 1.54) is 4.90 Å². The first-order chi connectivity index (χ1) is 17.3.